The fraction of sp³-hybridized carbons (Fsp3) is 0.150. The van der Waals surface area contributed by atoms with Crippen LogP contribution in [-0.2, 0) is 9.59 Å². The molecule has 0 bridgehead atoms. The molecule has 5 nitrogen and oxygen atoms in total. The molecule has 3 aromatic rings. The molecular formula is C20H19N3O2S2. The number of benzene rings is 2. The topological polar surface area (TPSA) is 71.1 Å². The molecule has 0 saturated heterocycles. The Kier molecular flexibility index (Phi) is 6.26. The van der Waals surface area contributed by atoms with Crippen LogP contribution >= 0.6 is 23.1 Å². The minimum atomic E-state index is -0.122. The van der Waals surface area contributed by atoms with Crippen LogP contribution in [0.1, 0.15) is 11.8 Å². The molecule has 0 aliphatic rings. The van der Waals surface area contributed by atoms with Gasteiger partial charge in [-0.1, -0.05) is 36.4 Å². The van der Waals surface area contributed by atoms with Crippen LogP contribution < -0.4 is 10.6 Å². The van der Waals surface area contributed by atoms with Gasteiger partial charge in [0, 0.05) is 27.9 Å². The van der Waals surface area contributed by atoms with E-state index in [4.69, 9.17) is 0 Å². The molecule has 0 spiro atoms. The summed E-state index contributed by atoms with van der Waals surface area (Å²) in [7, 11) is 0. The van der Waals surface area contributed by atoms with E-state index < -0.39 is 0 Å². The van der Waals surface area contributed by atoms with Crippen molar-refractivity contribution in [3.8, 4) is 11.3 Å². The van der Waals surface area contributed by atoms with E-state index >= 15 is 0 Å². The van der Waals surface area contributed by atoms with E-state index in [9.17, 15) is 9.59 Å². The number of nitrogens with zero attached hydrogens (tertiary/aromatic N) is 1. The second-order valence-corrected chi connectivity index (χ2v) is 8.09. The lowest BCUT2D eigenvalue weighted by molar-refractivity contribution is -0.114. The highest BCUT2D eigenvalue weighted by atomic mass is 32.2. The third kappa shape index (κ3) is 5.42. The van der Waals surface area contributed by atoms with E-state index in [1.165, 1.54) is 30.0 Å². The lowest BCUT2D eigenvalue weighted by Crippen LogP contribution is -2.13. The monoisotopic (exact) mass is 397 g/mol. The lowest BCUT2D eigenvalue weighted by Gasteiger charge is -2.05. The third-order valence-corrected chi connectivity index (χ3v) is 5.49. The summed E-state index contributed by atoms with van der Waals surface area (Å²) in [4.78, 5) is 29.9. The summed E-state index contributed by atoms with van der Waals surface area (Å²) in [6.07, 6.45) is 0. The van der Waals surface area contributed by atoms with Gasteiger partial charge in [0.05, 0.1) is 11.4 Å². The van der Waals surface area contributed by atoms with Crippen LogP contribution in [0, 0.1) is 6.92 Å². The van der Waals surface area contributed by atoms with E-state index in [0.29, 0.717) is 5.13 Å². The van der Waals surface area contributed by atoms with Gasteiger partial charge in [-0.2, -0.15) is 0 Å². The molecule has 2 amide bonds. The quantitative estimate of drug-likeness (QED) is 0.586. The first-order chi connectivity index (χ1) is 13.0. The summed E-state index contributed by atoms with van der Waals surface area (Å²) >= 11 is 2.88. The molecule has 27 heavy (non-hydrogen) atoms. The standard InChI is InChI=1S/C20H19N3O2S2/c1-13-19(15-7-4-3-5-8-15)23-20(27-13)22-18(25)12-26-17-10-6-9-16(11-17)21-14(2)24/h3-11H,12H2,1-2H3,(H,21,24)(H,22,23,25). The number of aromatic nitrogens is 1. The maximum absolute atomic E-state index is 12.3. The van der Waals surface area contributed by atoms with E-state index in [2.05, 4.69) is 15.6 Å². The number of carbonyl (C=O) groups is 2. The van der Waals surface area contributed by atoms with Crippen molar-refractivity contribution >= 4 is 45.7 Å². The van der Waals surface area contributed by atoms with Crippen LogP contribution in [0.5, 0.6) is 0 Å². The number of thioether (sulfide) groups is 1. The van der Waals surface area contributed by atoms with Gasteiger partial charge in [-0.15, -0.1) is 23.1 Å². The summed E-state index contributed by atoms with van der Waals surface area (Å²) in [5.74, 6) is 0.0320. The average molecular weight is 398 g/mol. The lowest BCUT2D eigenvalue weighted by atomic mass is 10.1. The first kappa shape index (κ1) is 19.1. The number of thiazole rings is 1. The Bertz CT molecular complexity index is 955. The Balaban J connectivity index is 1.59. The van der Waals surface area contributed by atoms with Crippen molar-refractivity contribution in [1.29, 1.82) is 0 Å². The van der Waals surface area contributed by atoms with Crippen LogP contribution in [0.2, 0.25) is 0 Å². The molecule has 2 aromatic carbocycles. The predicted octanol–water partition coefficient (Wildman–Crippen LogP) is 4.81. The zero-order chi connectivity index (χ0) is 19.2. The molecule has 0 radical (unpaired) electrons. The second-order valence-electron chi connectivity index (χ2n) is 5.84. The number of aryl methyl sites for hydroxylation is 1. The molecule has 0 unspecified atom stereocenters. The number of nitrogens with one attached hydrogen (secondary N) is 2. The van der Waals surface area contributed by atoms with Crippen molar-refractivity contribution < 1.29 is 9.59 Å². The molecule has 138 valence electrons. The highest BCUT2D eigenvalue weighted by molar-refractivity contribution is 8.00. The highest BCUT2D eigenvalue weighted by Gasteiger charge is 2.12. The molecule has 7 heteroatoms. The zero-order valence-corrected chi connectivity index (χ0v) is 16.6. The van der Waals surface area contributed by atoms with Crippen LogP contribution in [0.25, 0.3) is 11.3 Å². The molecule has 1 aromatic heterocycles. The van der Waals surface area contributed by atoms with Gasteiger partial charge in [0.15, 0.2) is 5.13 Å². The third-order valence-electron chi connectivity index (χ3n) is 3.61. The molecular weight excluding hydrogens is 378 g/mol. The van der Waals surface area contributed by atoms with Crippen molar-refractivity contribution in [2.24, 2.45) is 0 Å². The first-order valence-electron chi connectivity index (χ1n) is 8.34. The largest absolute Gasteiger partial charge is 0.326 e. The first-order valence-corrected chi connectivity index (χ1v) is 10.1. The fourth-order valence-electron chi connectivity index (χ4n) is 2.48. The Morgan fingerprint density at radius 1 is 1.07 bits per heavy atom. The van der Waals surface area contributed by atoms with Crippen LogP contribution in [0.4, 0.5) is 10.8 Å². The number of hydrogen-bond acceptors (Lipinski definition) is 5. The summed E-state index contributed by atoms with van der Waals surface area (Å²) in [6, 6.07) is 17.3. The summed E-state index contributed by atoms with van der Waals surface area (Å²) in [5, 5.41) is 6.20. The maximum atomic E-state index is 12.3. The number of anilines is 2. The normalized spacial score (nSPS) is 10.4. The van der Waals surface area contributed by atoms with Gasteiger partial charge < -0.3 is 10.6 Å². The molecule has 0 atom stereocenters. The minimum Gasteiger partial charge on any atom is -0.326 e. The average Bonchev–Trinajstić information content (AvgIpc) is 3.00. The SMILES string of the molecule is CC(=O)Nc1cccc(SCC(=O)Nc2nc(-c3ccccc3)c(C)s2)c1. The Labute approximate surface area is 166 Å². The Morgan fingerprint density at radius 2 is 1.85 bits per heavy atom. The van der Waals surface area contributed by atoms with Crippen molar-refractivity contribution in [3.63, 3.8) is 0 Å². The van der Waals surface area contributed by atoms with Crippen molar-refractivity contribution in [2.45, 2.75) is 18.7 Å². The highest BCUT2D eigenvalue weighted by Crippen LogP contribution is 2.30. The van der Waals surface area contributed by atoms with E-state index in [-0.39, 0.29) is 17.6 Å². The van der Waals surface area contributed by atoms with Crippen LogP contribution in [0.15, 0.2) is 59.5 Å². The van der Waals surface area contributed by atoms with E-state index in [1.54, 1.807) is 0 Å². The smallest absolute Gasteiger partial charge is 0.236 e. The molecule has 1 heterocycles. The van der Waals surface area contributed by atoms with Crippen LogP contribution in [-0.4, -0.2) is 22.6 Å². The van der Waals surface area contributed by atoms with Crippen molar-refractivity contribution in [1.82, 2.24) is 4.98 Å². The number of carbonyl (C=O) groups excluding carboxylic acids is 2. The molecule has 0 aliphatic carbocycles. The fourth-order valence-corrected chi connectivity index (χ4v) is 4.09. The Hall–Kier alpha value is -2.64. The Morgan fingerprint density at radius 3 is 2.59 bits per heavy atom. The van der Waals surface area contributed by atoms with Gasteiger partial charge in [0.1, 0.15) is 0 Å². The number of amides is 2. The van der Waals surface area contributed by atoms with Crippen molar-refractivity contribution in [2.75, 3.05) is 16.4 Å². The van der Waals surface area contributed by atoms with Gasteiger partial charge in [-0.05, 0) is 25.1 Å². The second kappa shape index (κ2) is 8.83. The van der Waals surface area contributed by atoms with E-state index in [1.807, 2.05) is 61.5 Å². The molecule has 0 saturated carbocycles. The minimum absolute atomic E-state index is 0.113. The van der Waals surface area contributed by atoms with E-state index in [0.717, 1.165) is 26.7 Å². The summed E-state index contributed by atoms with van der Waals surface area (Å²) < 4.78 is 0. The summed E-state index contributed by atoms with van der Waals surface area (Å²) in [5.41, 5.74) is 2.65. The van der Waals surface area contributed by atoms with Crippen LogP contribution in [0.3, 0.4) is 0 Å². The molecule has 0 aliphatic heterocycles. The van der Waals surface area contributed by atoms with Gasteiger partial charge in [0.2, 0.25) is 11.8 Å². The summed E-state index contributed by atoms with van der Waals surface area (Å²) in [6.45, 7) is 3.46. The van der Waals surface area contributed by atoms with Gasteiger partial charge >= 0.3 is 0 Å². The number of rotatable bonds is 6. The maximum Gasteiger partial charge on any atom is 0.236 e. The number of hydrogen-bond donors (Lipinski definition) is 2. The van der Waals surface area contributed by atoms with Gasteiger partial charge in [-0.25, -0.2) is 4.98 Å². The van der Waals surface area contributed by atoms with Gasteiger partial charge in [-0.3, -0.25) is 9.59 Å². The van der Waals surface area contributed by atoms with Crippen molar-refractivity contribution in [3.05, 3.63) is 59.5 Å². The van der Waals surface area contributed by atoms with Gasteiger partial charge in [0.25, 0.3) is 0 Å². The predicted molar refractivity (Wildman–Crippen MR) is 112 cm³/mol. The molecule has 0 fully saturated rings. The zero-order valence-electron chi connectivity index (χ0n) is 15.0. The molecule has 3 rings (SSSR count). The molecule has 2 N–H and O–H groups in total.